The predicted octanol–water partition coefficient (Wildman–Crippen LogP) is 2.01. The number of hydrogen-bond donors (Lipinski definition) is 1. The largest absolute Gasteiger partial charge is 0.278 e. The van der Waals surface area contributed by atoms with Crippen LogP contribution in [0.15, 0.2) is 24.3 Å². The van der Waals surface area contributed by atoms with Crippen molar-refractivity contribution in [3.8, 4) is 0 Å². The second-order valence-electron chi connectivity index (χ2n) is 3.93. The smallest absolute Gasteiger partial charge is 0.236 e. The van der Waals surface area contributed by atoms with Crippen molar-refractivity contribution >= 4 is 17.5 Å². The Morgan fingerprint density at radius 1 is 1.31 bits per heavy atom. The summed E-state index contributed by atoms with van der Waals surface area (Å²) < 4.78 is 0. The van der Waals surface area contributed by atoms with Gasteiger partial charge in [-0.3, -0.25) is 9.80 Å². The monoisotopic (exact) mass is 238 g/mol. The van der Waals surface area contributed by atoms with Crippen LogP contribution in [0.1, 0.15) is 18.4 Å². The molecule has 1 aliphatic rings. The zero-order valence-corrected chi connectivity index (χ0v) is 9.83. The number of nitrogens with zero attached hydrogens (tertiary/aromatic N) is 1. The number of hydrazine groups is 1. The minimum atomic E-state index is 0.195. The molecule has 1 aliphatic heterocycles. The van der Waals surface area contributed by atoms with E-state index in [2.05, 4.69) is 5.43 Å². The standard InChI is InChI=1S/C12H15ClN2O/c13-11-5-3-10(4-6-11)7-9-15-12(16)2-1-8-14-15/h3-6,14H,1-2,7-9H2. The molecule has 0 bridgehead atoms. The highest BCUT2D eigenvalue weighted by Crippen LogP contribution is 2.11. The summed E-state index contributed by atoms with van der Waals surface area (Å²) in [6, 6.07) is 7.75. The van der Waals surface area contributed by atoms with Crippen molar-refractivity contribution in [3.63, 3.8) is 0 Å². The molecular formula is C12H15ClN2O. The fourth-order valence-electron chi connectivity index (χ4n) is 1.77. The van der Waals surface area contributed by atoms with Gasteiger partial charge in [-0.2, -0.15) is 0 Å². The first-order chi connectivity index (χ1) is 7.75. The lowest BCUT2D eigenvalue weighted by molar-refractivity contribution is -0.136. The first-order valence-corrected chi connectivity index (χ1v) is 5.92. The molecule has 0 saturated carbocycles. The van der Waals surface area contributed by atoms with Crippen LogP contribution in [-0.2, 0) is 11.2 Å². The highest BCUT2D eigenvalue weighted by Gasteiger charge is 2.16. The van der Waals surface area contributed by atoms with Crippen molar-refractivity contribution in [1.82, 2.24) is 10.4 Å². The number of halogens is 1. The van der Waals surface area contributed by atoms with Crippen molar-refractivity contribution in [2.45, 2.75) is 19.3 Å². The van der Waals surface area contributed by atoms with Gasteiger partial charge >= 0.3 is 0 Å². The molecular weight excluding hydrogens is 224 g/mol. The van der Waals surface area contributed by atoms with Gasteiger partial charge < -0.3 is 0 Å². The van der Waals surface area contributed by atoms with Crippen LogP contribution < -0.4 is 5.43 Å². The summed E-state index contributed by atoms with van der Waals surface area (Å²) in [4.78, 5) is 11.5. The number of rotatable bonds is 3. The van der Waals surface area contributed by atoms with E-state index in [9.17, 15) is 4.79 Å². The van der Waals surface area contributed by atoms with Gasteiger partial charge in [0.2, 0.25) is 5.91 Å². The van der Waals surface area contributed by atoms with Crippen LogP contribution in [-0.4, -0.2) is 24.0 Å². The molecule has 1 amide bonds. The van der Waals surface area contributed by atoms with Crippen LogP contribution in [0.5, 0.6) is 0 Å². The summed E-state index contributed by atoms with van der Waals surface area (Å²) in [5.74, 6) is 0.195. The fourth-order valence-corrected chi connectivity index (χ4v) is 1.90. The number of amides is 1. The lowest BCUT2D eigenvalue weighted by atomic mass is 10.1. The molecule has 0 atom stereocenters. The Hall–Kier alpha value is -1.06. The van der Waals surface area contributed by atoms with Gasteiger partial charge in [-0.05, 0) is 30.5 Å². The normalized spacial score (nSPS) is 16.6. The maximum absolute atomic E-state index is 11.5. The van der Waals surface area contributed by atoms with E-state index < -0.39 is 0 Å². The van der Waals surface area contributed by atoms with Crippen LogP contribution in [0, 0.1) is 0 Å². The molecule has 0 aromatic heterocycles. The Labute approximate surface area is 100 Å². The number of carbonyl (C=O) groups excluding carboxylic acids is 1. The van der Waals surface area contributed by atoms with Crippen molar-refractivity contribution < 1.29 is 4.79 Å². The van der Waals surface area contributed by atoms with Gasteiger partial charge in [0.25, 0.3) is 0 Å². The number of nitrogens with one attached hydrogen (secondary N) is 1. The maximum Gasteiger partial charge on any atom is 0.236 e. The predicted molar refractivity (Wildman–Crippen MR) is 64.1 cm³/mol. The molecule has 1 aromatic carbocycles. The third-order valence-corrected chi connectivity index (χ3v) is 2.96. The van der Waals surface area contributed by atoms with Crippen molar-refractivity contribution in [2.75, 3.05) is 13.1 Å². The molecule has 1 aromatic rings. The Morgan fingerprint density at radius 3 is 2.75 bits per heavy atom. The third-order valence-electron chi connectivity index (χ3n) is 2.71. The summed E-state index contributed by atoms with van der Waals surface area (Å²) in [5, 5.41) is 2.47. The van der Waals surface area contributed by atoms with E-state index in [0.717, 1.165) is 31.0 Å². The molecule has 4 heteroatoms. The highest BCUT2D eigenvalue weighted by atomic mass is 35.5. The zero-order valence-electron chi connectivity index (χ0n) is 9.08. The summed E-state index contributed by atoms with van der Waals surface area (Å²) in [6.45, 7) is 1.62. The third kappa shape index (κ3) is 2.97. The summed E-state index contributed by atoms with van der Waals surface area (Å²) in [5.41, 5.74) is 4.31. The Balaban J connectivity index is 1.86. The first kappa shape index (κ1) is 11.4. The number of benzene rings is 1. The summed E-state index contributed by atoms with van der Waals surface area (Å²) in [7, 11) is 0. The molecule has 1 saturated heterocycles. The van der Waals surface area contributed by atoms with Gasteiger partial charge in [0.1, 0.15) is 0 Å². The average molecular weight is 239 g/mol. The second-order valence-corrected chi connectivity index (χ2v) is 4.37. The molecule has 1 fully saturated rings. The van der Waals surface area contributed by atoms with Crippen LogP contribution >= 0.6 is 11.6 Å². The molecule has 1 N–H and O–H groups in total. The summed E-state index contributed by atoms with van der Waals surface area (Å²) >= 11 is 5.81. The number of hydrogen-bond acceptors (Lipinski definition) is 2. The first-order valence-electron chi connectivity index (χ1n) is 5.54. The quantitative estimate of drug-likeness (QED) is 0.874. The molecule has 0 aliphatic carbocycles. The van der Waals surface area contributed by atoms with Gasteiger partial charge in [-0.25, -0.2) is 5.43 Å². The molecule has 2 rings (SSSR count). The fraction of sp³-hybridized carbons (Fsp3) is 0.417. The van der Waals surface area contributed by atoms with Gasteiger partial charge in [0.05, 0.1) is 0 Å². The van der Waals surface area contributed by atoms with E-state index in [1.165, 1.54) is 5.56 Å². The highest BCUT2D eigenvalue weighted by molar-refractivity contribution is 6.30. The molecule has 1 heterocycles. The molecule has 86 valence electrons. The van der Waals surface area contributed by atoms with E-state index in [4.69, 9.17) is 11.6 Å². The maximum atomic E-state index is 11.5. The SMILES string of the molecule is O=C1CCCNN1CCc1ccc(Cl)cc1. The van der Waals surface area contributed by atoms with Gasteiger partial charge in [-0.15, -0.1) is 0 Å². The Bertz CT molecular complexity index is 364. The van der Waals surface area contributed by atoms with Crippen LogP contribution in [0.3, 0.4) is 0 Å². The van der Waals surface area contributed by atoms with Crippen LogP contribution in [0.25, 0.3) is 0 Å². The lowest BCUT2D eigenvalue weighted by Gasteiger charge is -2.27. The molecule has 3 nitrogen and oxygen atoms in total. The number of carbonyl (C=O) groups is 1. The lowest BCUT2D eigenvalue weighted by Crippen LogP contribution is -2.47. The Morgan fingerprint density at radius 2 is 2.06 bits per heavy atom. The topological polar surface area (TPSA) is 32.3 Å². The van der Waals surface area contributed by atoms with E-state index >= 15 is 0 Å². The van der Waals surface area contributed by atoms with Gasteiger partial charge in [0, 0.05) is 24.5 Å². The molecule has 0 spiro atoms. The second kappa shape index (κ2) is 5.32. The van der Waals surface area contributed by atoms with Crippen LogP contribution in [0.4, 0.5) is 0 Å². The molecule has 0 unspecified atom stereocenters. The van der Waals surface area contributed by atoms with E-state index in [1.807, 2.05) is 24.3 Å². The minimum absolute atomic E-state index is 0.195. The van der Waals surface area contributed by atoms with Crippen molar-refractivity contribution in [3.05, 3.63) is 34.9 Å². The van der Waals surface area contributed by atoms with E-state index in [0.29, 0.717) is 6.42 Å². The average Bonchev–Trinajstić information content (AvgIpc) is 2.30. The minimum Gasteiger partial charge on any atom is -0.278 e. The summed E-state index contributed by atoms with van der Waals surface area (Å²) in [6.07, 6.45) is 2.46. The van der Waals surface area contributed by atoms with Gasteiger partial charge in [0.15, 0.2) is 0 Å². The van der Waals surface area contributed by atoms with Crippen molar-refractivity contribution in [2.24, 2.45) is 0 Å². The van der Waals surface area contributed by atoms with Crippen LogP contribution in [0.2, 0.25) is 5.02 Å². The molecule has 0 radical (unpaired) electrons. The van der Waals surface area contributed by atoms with E-state index in [-0.39, 0.29) is 5.91 Å². The molecule has 16 heavy (non-hydrogen) atoms. The van der Waals surface area contributed by atoms with Crippen molar-refractivity contribution in [1.29, 1.82) is 0 Å². The van der Waals surface area contributed by atoms with Gasteiger partial charge in [-0.1, -0.05) is 23.7 Å². The Kier molecular flexibility index (Phi) is 3.80. The van der Waals surface area contributed by atoms with E-state index in [1.54, 1.807) is 5.01 Å². The zero-order chi connectivity index (χ0) is 11.4.